The molecular formula is C21H24F3N5O2. The molecule has 0 N–H and O–H groups in total. The first-order valence-electron chi connectivity index (χ1n) is 9.97. The van der Waals surface area contributed by atoms with E-state index in [1.54, 1.807) is 31.9 Å². The minimum atomic E-state index is -4.48. The summed E-state index contributed by atoms with van der Waals surface area (Å²) < 4.78 is 47.8. The molecule has 4 rings (SSSR count). The molecule has 1 aliphatic heterocycles. The average molecular weight is 435 g/mol. The lowest BCUT2D eigenvalue weighted by Crippen LogP contribution is -2.40. The number of alkyl halides is 3. The molecule has 0 unspecified atom stereocenters. The lowest BCUT2D eigenvalue weighted by atomic mass is 10.0. The van der Waals surface area contributed by atoms with Gasteiger partial charge in [0.2, 0.25) is 0 Å². The normalized spacial score (nSPS) is 14.7. The summed E-state index contributed by atoms with van der Waals surface area (Å²) in [4.78, 5) is 18.7. The Kier molecular flexibility index (Phi) is 4.98. The molecule has 0 aromatic carbocycles. The van der Waals surface area contributed by atoms with Gasteiger partial charge in [-0.15, -0.1) is 0 Å². The zero-order valence-corrected chi connectivity index (χ0v) is 17.8. The summed E-state index contributed by atoms with van der Waals surface area (Å²) in [5.41, 5.74) is 1.40. The molecule has 0 saturated heterocycles. The Bertz CT molecular complexity index is 1140. The number of ether oxygens (including phenoxy) is 1. The number of carbonyl (C=O) groups is 1. The lowest BCUT2D eigenvalue weighted by molar-refractivity contribution is -0.143. The van der Waals surface area contributed by atoms with E-state index in [-0.39, 0.29) is 12.2 Å². The number of halogens is 3. The van der Waals surface area contributed by atoms with E-state index in [1.807, 2.05) is 16.7 Å². The largest absolute Gasteiger partial charge is 0.444 e. The first kappa shape index (κ1) is 21.2. The molecule has 0 fully saturated rings. The second-order valence-electron chi connectivity index (χ2n) is 8.68. The number of amides is 1. The van der Waals surface area contributed by atoms with Gasteiger partial charge in [0.05, 0.1) is 18.8 Å². The molecule has 0 saturated carbocycles. The molecule has 0 bridgehead atoms. The van der Waals surface area contributed by atoms with Crippen molar-refractivity contribution in [3.05, 3.63) is 47.0 Å². The number of hydrogen-bond acceptors (Lipinski definition) is 4. The van der Waals surface area contributed by atoms with Crippen molar-refractivity contribution < 1.29 is 22.7 Å². The monoisotopic (exact) mass is 435 g/mol. The van der Waals surface area contributed by atoms with Gasteiger partial charge >= 0.3 is 12.3 Å². The summed E-state index contributed by atoms with van der Waals surface area (Å²) in [6, 6.07) is 4.83. The fourth-order valence-electron chi connectivity index (χ4n) is 3.94. The van der Waals surface area contributed by atoms with Crippen LogP contribution >= 0.6 is 0 Å². The number of aryl methyl sites for hydroxylation is 1. The first-order chi connectivity index (χ1) is 14.4. The molecule has 0 radical (unpaired) electrons. The Balaban J connectivity index is 1.72. The Morgan fingerprint density at radius 1 is 1.26 bits per heavy atom. The molecule has 7 nitrogen and oxygen atoms in total. The summed E-state index contributed by atoms with van der Waals surface area (Å²) in [7, 11) is 1.28. The smallest absolute Gasteiger partial charge is 0.433 e. The standard InChI is InChI=1S/C21H24F3N5O2/c1-20(2,3)31-19(30)28-9-7-14-15-6-5-8-25-18(15)29(16(14)12-28)11-13-10-17(21(22,23)24)27(4)26-13/h5-6,8,10H,7,9,11-12H2,1-4H3. The Labute approximate surface area is 177 Å². The van der Waals surface area contributed by atoms with Gasteiger partial charge in [-0.2, -0.15) is 18.3 Å². The quantitative estimate of drug-likeness (QED) is 0.607. The molecule has 0 spiro atoms. The van der Waals surface area contributed by atoms with E-state index in [0.29, 0.717) is 25.2 Å². The van der Waals surface area contributed by atoms with Crippen LogP contribution in [0.25, 0.3) is 11.0 Å². The van der Waals surface area contributed by atoms with Gasteiger partial charge in [0.15, 0.2) is 0 Å². The number of hydrogen-bond donors (Lipinski definition) is 0. The van der Waals surface area contributed by atoms with Gasteiger partial charge in [-0.3, -0.25) is 4.68 Å². The van der Waals surface area contributed by atoms with E-state index in [9.17, 15) is 18.0 Å². The summed E-state index contributed by atoms with van der Waals surface area (Å²) in [5, 5.41) is 4.99. The van der Waals surface area contributed by atoms with Crippen molar-refractivity contribution in [1.29, 1.82) is 0 Å². The van der Waals surface area contributed by atoms with Crippen molar-refractivity contribution >= 4 is 17.1 Å². The molecule has 3 aromatic heterocycles. The van der Waals surface area contributed by atoms with E-state index < -0.39 is 23.6 Å². The van der Waals surface area contributed by atoms with Crippen LogP contribution in [0.5, 0.6) is 0 Å². The number of nitrogens with zero attached hydrogens (tertiary/aromatic N) is 5. The predicted octanol–water partition coefficient (Wildman–Crippen LogP) is 4.13. The maximum Gasteiger partial charge on any atom is 0.433 e. The molecule has 0 atom stereocenters. The second-order valence-corrected chi connectivity index (χ2v) is 8.68. The van der Waals surface area contributed by atoms with Gasteiger partial charge in [-0.25, -0.2) is 9.78 Å². The highest BCUT2D eigenvalue weighted by Crippen LogP contribution is 2.33. The molecule has 4 heterocycles. The van der Waals surface area contributed by atoms with E-state index in [2.05, 4.69) is 10.1 Å². The van der Waals surface area contributed by atoms with Crippen LogP contribution < -0.4 is 0 Å². The number of carbonyl (C=O) groups excluding carboxylic acids is 1. The first-order valence-corrected chi connectivity index (χ1v) is 9.97. The lowest BCUT2D eigenvalue weighted by Gasteiger charge is -2.30. The second kappa shape index (κ2) is 7.28. The van der Waals surface area contributed by atoms with Gasteiger partial charge in [-0.1, -0.05) is 0 Å². The van der Waals surface area contributed by atoms with E-state index in [1.165, 1.54) is 7.05 Å². The van der Waals surface area contributed by atoms with E-state index in [0.717, 1.165) is 27.4 Å². The molecule has 0 aliphatic carbocycles. The van der Waals surface area contributed by atoms with Crippen LogP contribution in [0.1, 0.15) is 43.4 Å². The average Bonchev–Trinajstić information content (AvgIpc) is 3.19. The highest BCUT2D eigenvalue weighted by molar-refractivity contribution is 5.83. The zero-order chi connectivity index (χ0) is 22.6. The minimum Gasteiger partial charge on any atom is -0.444 e. The van der Waals surface area contributed by atoms with Crippen LogP contribution in [0.15, 0.2) is 24.4 Å². The predicted molar refractivity (Wildman–Crippen MR) is 107 cm³/mol. The zero-order valence-electron chi connectivity index (χ0n) is 17.8. The highest BCUT2D eigenvalue weighted by atomic mass is 19.4. The molecule has 1 amide bonds. The van der Waals surface area contributed by atoms with E-state index >= 15 is 0 Å². The van der Waals surface area contributed by atoms with Crippen molar-refractivity contribution in [2.24, 2.45) is 7.05 Å². The molecule has 31 heavy (non-hydrogen) atoms. The Morgan fingerprint density at radius 2 is 2.00 bits per heavy atom. The van der Waals surface area contributed by atoms with Crippen LogP contribution in [0, 0.1) is 0 Å². The maximum atomic E-state index is 13.2. The van der Waals surface area contributed by atoms with Crippen LogP contribution in [0.4, 0.5) is 18.0 Å². The molecule has 3 aromatic rings. The highest BCUT2D eigenvalue weighted by Gasteiger charge is 2.35. The topological polar surface area (TPSA) is 65.2 Å². The number of aromatic nitrogens is 4. The molecule has 10 heteroatoms. The SMILES string of the molecule is Cn1nc(Cn2c3c(c4cccnc42)CCN(C(=O)OC(C)(C)C)C3)cc1C(F)(F)F. The molecule has 1 aliphatic rings. The third-order valence-corrected chi connectivity index (χ3v) is 5.21. The Hall–Kier alpha value is -3.04. The fraction of sp³-hybridized carbons (Fsp3) is 0.476. The maximum absolute atomic E-state index is 13.2. The van der Waals surface area contributed by atoms with Gasteiger partial charge in [0.1, 0.15) is 16.9 Å². The van der Waals surface area contributed by atoms with Crippen LogP contribution in [-0.2, 0) is 37.5 Å². The van der Waals surface area contributed by atoms with Crippen LogP contribution in [0.2, 0.25) is 0 Å². The van der Waals surface area contributed by atoms with Crippen molar-refractivity contribution in [2.75, 3.05) is 6.54 Å². The number of rotatable bonds is 2. The van der Waals surface area contributed by atoms with Gasteiger partial charge in [-0.05, 0) is 51.0 Å². The van der Waals surface area contributed by atoms with Crippen LogP contribution in [0.3, 0.4) is 0 Å². The van der Waals surface area contributed by atoms with Gasteiger partial charge in [0, 0.05) is 30.9 Å². The van der Waals surface area contributed by atoms with Gasteiger partial charge in [0.25, 0.3) is 0 Å². The summed E-state index contributed by atoms with van der Waals surface area (Å²) in [6.45, 7) is 6.33. The van der Waals surface area contributed by atoms with E-state index in [4.69, 9.17) is 4.74 Å². The number of pyridine rings is 1. The fourth-order valence-corrected chi connectivity index (χ4v) is 3.94. The van der Waals surface area contributed by atoms with Crippen molar-refractivity contribution in [1.82, 2.24) is 24.2 Å². The third kappa shape index (κ3) is 4.11. The van der Waals surface area contributed by atoms with Crippen molar-refractivity contribution in [3.63, 3.8) is 0 Å². The van der Waals surface area contributed by atoms with Crippen molar-refractivity contribution in [3.8, 4) is 0 Å². The molecule has 166 valence electrons. The Morgan fingerprint density at radius 3 is 2.65 bits per heavy atom. The minimum absolute atomic E-state index is 0.120. The summed E-state index contributed by atoms with van der Waals surface area (Å²) >= 11 is 0. The van der Waals surface area contributed by atoms with Gasteiger partial charge < -0.3 is 14.2 Å². The van der Waals surface area contributed by atoms with Crippen LogP contribution in [-0.4, -0.2) is 42.5 Å². The molecular weight excluding hydrogens is 411 g/mol. The summed E-state index contributed by atoms with van der Waals surface area (Å²) in [6.07, 6.45) is -2.64. The third-order valence-electron chi connectivity index (χ3n) is 5.21. The summed E-state index contributed by atoms with van der Waals surface area (Å²) in [5.74, 6) is 0. The van der Waals surface area contributed by atoms with Crippen molar-refractivity contribution in [2.45, 2.75) is 52.1 Å². The number of fused-ring (bicyclic) bond motifs is 3.